The minimum Gasteiger partial charge on any atom is -0.479 e. The first-order chi connectivity index (χ1) is 7.47. The Balaban J connectivity index is 0.000000288. The first kappa shape index (κ1) is 14.7. The third-order valence-corrected chi connectivity index (χ3v) is 2.19. The number of amides is 3. The first-order valence-corrected chi connectivity index (χ1v) is 5.84. The summed E-state index contributed by atoms with van der Waals surface area (Å²) < 4.78 is 0. The molecule has 0 aromatic carbocycles. The molecule has 7 nitrogen and oxygen atoms in total. The van der Waals surface area contributed by atoms with Crippen molar-refractivity contribution < 1.29 is 24.6 Å². The van der Waals surface area contributed by atoms with Gasteiger partial charge in [-0.1, -0.05) is 0 Å². The van der Waals surface area contributed by atoms with Crippen molar-refractivity contribution in [1.82, 2.24) is 10.6 Å². The summed E-state index contributed by atoms with van der Waals surface area (Å²) >= 11 is 1.52. The molecule has 4 N–H and O–H groups in total. The van der Waals surface area contributed by atoms with Crippen LogP contribution in [0.4, 0.5) is 4.79 Å². The summed E-state index contributed by atoms with van der Waals surface area (Å²) in [5, 5.41) is 21.1. The summed E-state index contributed by atoms with van der Waals surface area (Å²) in [5.41, 5.74) is 0. The highest BCUT2D eigenvalue weighted by molar-refractivity contribution is 7.98. The molecular formula is C8H14N2O5S. The van der Waals surface area contributed by atoms with Crippen LogP contribution in [-0.4, -0.2) is 52.8 Å². The molecular weight excluding hydrogens is 236 g/mol. The van der Waals surface area contributed by atoms with E-state index in [-0.39, 0.29) is 12.5 Å². The minimum absolute atomic E-state index is 0.124. The maximum atomic E-state index is 10.1. The van der Waals surface area contributed by atoms with Crippen LogP contribution < -0.4 is 10.6 Å². The number of thioether (sulfide) groups is 1. The summed E-state index contributed by atoms with van der Waals surface area (Å²) in [6.07, 6.45) is 1.02. The lowest BCUT2D eigenvalue weighted by molar-refractivity contribution is -0.146. The highest BCUT2D eigenvalue weighted by Crippen LogP contribution is 1.99. The van der Waals surface area contributed by atoms with Crippen LogP contribution in [0.2, 0.25) is 0 Å². The topological polar surface area (TPSA) is 116 Å². The number of nitrogens with one attached hydrogen (secondary N) is 2. The monoisotopic (exact) mass is 250 g/mol. The zero-order chi connectivity index (χ0) is 12.6. The molecule has 1 atom stereocenters. The first-order valence-electron chi connectivity index (χ1n) is 4.45. The predicted molar refractivity (Wildman–Crippen MR) is 58.2 cm³/mol. The summed E-state index contributed by atoms with van der Waals surface area (Å²) in [7, 11) is 0. The van der Waals surface area contributed by atoms with Crippen molar-refractivity contribution >= 4 is 29.7 Å². The molecule has 1 aliphatic rings. The number of carboxylic acid groups (broad SMARTS) is 1. The number of imide groups is 1. The molecule has 92 valence electrons. The molecule has 3 amide bonds. The Kier molecular flexibility index (Phi) is 7.31. The van der Waals surface area contributed by atoms with Gasteiger partial charge in [0.15, 0.2) is 6.10 Å². The fourth-order valence-electron chi connectivity index (χ4n) is 0.729. The van der Waals surface area contributed by atoms with E-state index in [0.29, 0.717) is 12.2 Å². The average molecular weight is 250 g/mol. The fourth-order valence-corrected chi connectivity index (χ4v) is 1.19. The van der Waals surface area contributed by atoms with Crippen molar-refractivity contribution in [2.75, 3.05) is 18.6 Å². The van der Waals surface area contributed by atoms with Gasteiger partial charge >= 0.3 is 12.0 Å². The van der Waals surface area contributed by atoms with Crippen LogP contribution in [0.3, 0.4) is 0 Å². The molecule has 0 aliphatic carbocycles. The van der Waals surface area contributed by atoms with Gasteiger partial charge in [0.05, 0.1) is 6.54 Å². The lowest BCUT2D eigenvalue weighted by Crippen LogP contribution is -2.22. The van der Waals surface area contributed by atoms with E-state index < -0.39 is 18.1 Å². The maximum Gasteiger partial charge on any atom is 0.332 e. The molecule has 0 aromatic rings. The number of carbonyl (C=O) groups excluding carboxylic acids is 2. The fraction of sp³-hybridized carbons (Fsp3) is 0.625. The van der Waals surface area contributed by atoms with Gasteiger partial charge in [0.2, 0.25) is 5.91 Å². The summed E-state index contributed by atoms with van der Waals surface area (Å²) in [6.45, 7) is 0.124. The van der Waals surface area contributed by atoms with Crippen molar-refractivity contribution in [2.24, 2.45) is 0 Å². The average Bonchev–Trinajstić information content (AvgIpc) is 2.59. The molecule has 0 spiro atoms. The standard InChI is InChI=1S/C5H10O3S.C3H4N2O2/c1-9-3-2-4(6)5(7)8;6-2-1-4-3(7)5-2/h4,6H,2-3H2,1H3,(H,7,8);1H2,(H2,4,5,6,7). The second-order valence-electron chi connectivity index (χ2n) is 2.87. The van der Waals surface area contributed by atoms with Gasteiger partial charge in [0.25, 0.3) is 0 Å². The smallest absolute Gasteiger partial charge is 0.332 e. The van der Waals surface area contributed by atoms with Crippen LogP contribution in [-0.2, 0) is 9.59 Å². The molecule has 1 saturated heterocycles. The highest BCUT2D eigenvalue weighted by atomic mass is 32.2. The Morgan fingerprint density at radius 1 is 1.56 bits per heavy atom. The van der Waals surface area contributed by atoms with E-state index in [1.807, 2.05) is 11.6 Å². The van der Waals surface area contributed by atoms with Gasteiger partial charge < -0.3 is 15.5 Å². The molecule has 8 heteroatoms. The van der Waals surface area contributed by atoms with Crippen molar-refractivity contribution in [2.45, 2.75) is 12.5 Å². The third-order valence-electron chi connectivity index (χ3n) is 1.54. The quantitative estimate of drug-likeness (QED) is 0.476. The lowest BCUT2D eigenvalue weighted by Gasteiger charge is -2.01. The lowest BCUT2D eigenvalue weighted by atomic mass is 10.3. The summed E-state index contributed by atoms with van der Waals surface area (Å²) in [4.78, 5) is 30.0. The zero-order valence-electron chi connectivity index (χ0n) is 8.73. The number of aliphatic hydroxyl groups is 1. The molecule has 0 radical (unpaired) electrons. The second kappa shape index (κ2) is 7.94. The zero-order valence-corrected chi connectivity index (χ0v) is 9.54. The summed E-state index contributed by atoms with van der Waals surface area (Å²) in [5.74, 6) is -0.706. The van der Waals surface area contributed by atoms with Crippen LogP contribution in [0.25, 0.3) is 0 Å². The Labute approximate surface area is 96.6 Å². The van der Waals surface area contributed by atoms with Crippen LogP contribution in [0.5, 0.6) is 0 Å². The van der Waals surface area contributed by atoms with E-state index in [0.717, 1.165) is 0 Å². The van der Waals surface area contributed by atoms with E-state index in [4.69, 9.17) is 10.2 Å². The van der Waals surface area contributed by atoms with Crippen LogP contribution in [0.1, 0.15) is 6.42 Å². The van der Waals surface area contributed by atoms with Gasteiger partial charge in [-0.3, -0.25) is 10.1 Å². The molecule has 1 unspecified atom stereocenters. The molecule has 0 bridgehead atoms. The Morgan fingerprint density at radius 3 is 2.44 bits per heavy atom. The second-order valence-corrected chi connectivity index (χ2v) is 3.85. The van der Waals surface area contributed by atoms with E-state index in [1.54, 1.807) is 0 Å². The SMILES string of the molecule is CSCCC(O)C(=O)O.O=C1CNC(=O)N1. The number of hydrogen-bond acceptors (Lipinski definition) is 5. The molecule has 0 saturated carbocycles. The van der Waals surface area contributed by atoms with Gasteiger partial charge in [0.1, 0.15) is 0 Å². The van der Waals surface area contributed by atoms with Gasteiger partial charge in [0, 0.05) is 0 Å². The minimum atomic E-state index is -1.18. The maximum absolute atomic E-state index is 10.1. The Hall–Kier alpha value is -1.28. The largest absolute Gasteiger partial charge is 0.479 e. The van der Waals surface area contributed by atoms with E-state index in [9.17, 15) is 14.4 Å². The number of hydrogen-bond donors (Lipinski definition) is 4. The molecule has 1 heterocycles. The van der Waals surface area contributed by atoms with Gasteiger partial charge in [-0.25, -0.2) is 9.59 Å². The molecule has 1 rings (SSSR count). The number of urea groups is 1. The van der Waals surface area contributed by atoms with Crippen LogP contribution in [0, 0.1) is 0 Å². The molecule has 1 fully saturated rings. The van der Waals surface area contributed by atoms with E-state index in [2.05, 4.69) is 5.32 Å². The van der Waals surface area contributed by atoms with Crippen molar-refractivity contribution in [3.05, 3.63) is 0 Å². The van der Waals surface area contributed by atoms with Crippen molar-refractivity contribution in [3.63, 3.8) is 0 Å². The number of carboxylic acids is 1. The summed E-state index contributed by atoms with van der Waals surface area (Å²) in [6, 6.07) is -0.398. The molecule has 0 aromatic heterocycles. The van der Waals surface area contributed by atoms with Crippen LogP contribution >= 0.6 is 11.8 Å². The Bertz CT molecular complexity index is 257. The molecule has 1 aliphatic heterocycles. The number of aliphatic carboxylic acids is 1. The number of carbonyl (C=O) groups is 3. The van der Waals surface area contributed by atoms with E-state index in [1.165, 1.54) is 11.8 Å². The predicted octanol–water partition coefficient (Wildman–Crippen LogP) is -0.989. The molecule has 16 heavy (non-hydrogen) atoms. The van der Waals surface area contributed by atoms with Crippen molar-refractivity contribution in [1.29, 1.82) is 0 Å². The normalized spacial score (nSPS) is 15.6. The van der Waals surface area contributed by atoms with Crippen molar-refractivity contribution in [3.8, 4) is 0 Å². The van der Waals surface area contributed by atoms with Gasteiger partial charge in [-0.05, 0) is 18.4 Å². The van der Waals surface area contributed by atoms with Gasteiger partial charge in [-0.15, -0.1) is 0 Å². The third kappa shape index (κ3) is 7.07. The van der Waals surface area contributed by atoms with Gasteiger partial charge in [-0.2, -0.15) is 11.8 Å². The number of aliphatic hydroxyl groups excluding tert-OH is 1. The van der Waals surface area contributed by atoms with E-state index >= 15 is 0 Å². The highest BCUT2D eigenvalue weighted by Gasteiger charge is 2.14. The number of rotatable bonds is 4. The van der Waals surface area contributed by atoms with Crippen LogP contribution in [0.15, 0.2) is 0 Å². The Morgan fingerprint density at radius 2 is 2.19 bits per heavy atom.